The molecule has 1 saturated heterocycles. The first-order valence-corrected chi connectivity index (χ1v) is 7.22. The standard InChI is InChI=1S/C15H22O5/c1-6(2)9-10-11-8(17)4-7(5-16)15(11,3)13(18)12(9)20-14(10)19/h4,6,8-13,16-18H,5H2,1-3H3/t8-,9-,10-,11-,12+,13+,15-/m0/s1. The minimum absolute atomic E-state index is 0.0864. The van der Waals surface area contributed by atoms with Crippen LogP contribution in [0.5, 0.6) is 0 Å². The minimum atomic E-state index is -0.891. The maximum absolute atomic E-state index is 12.2. The second kappa shape index (κ2) is 4.29. The number of rotatable bonds is 2. The van der Waals surface area contributed by atoms with Crippen LogP contribution >= 0.6 is 0 Å². The van der Waals surface area contributed by atoms with Crippen LogP contribution in [0.1, 0.15) is 20.8 Å². The van der Waals surface area contributed by atoms with Gasteiger partial charge in [-0.25, -0.2) is 0 Å². The molecule has 1 heterocycles. The molecule has 3 rings (SSSR count). The summed E-state index contributed by atoms with van der Waals surface area (Å²) in [6.45, 7) is 5.60. The molecule has 0 aromatic carbocycles. The van der Waals surface area contributed by atoms with Gasteiger partial charge in [0.05, 0.1) is 18.6 Å². The Morgan fingerprint density at radius 1 is 1.40 bits per heavy atom. The molecule has 1 saturated carbocycles. The molecule has 5 nitrogen and oxygen atoms in total. The fraction of sp³-hybridized carbons (Fsp3) is 0.800. The van der Waals surface area contributed by atoms with Crippen molar-refractivity contribution in [3.8, 4) is 0 Å². The van der Waals surface area contributed by atoms with Crippen molar-refractivity contribution in [2.75, 3.05) is 6.61 Å². The Labute approximate surface area is 118 Å². The van der Waals surface area contributed by atoms with Gasteiger partial charge >= 0.3 is 5.97 Å². The molecule has 1 aliphatic heterocycles. The van der Waals surface area contributed by atoms with Crippen LogP contribution in [0.3, 0.4) is 0 Å². The highest BCUT2D eigenvalue weighted by atomic mass is 16.6. The van der Waals surface area contributed by atoms with Gasteiger partial charge < -0.3 is 20.1 Å². The molecule has 0 unspecified atom stereocenters. The van der Waals surface area contributed by atoms with Gasteiger partial charge in [0.25, 0.3) is 0 Å². The molecule has 0 aromatic rings. The molecular formula is C15H22O5. The number of carbonyl (C=O) groups excluding carboxylic acids is 1. The van der Waals surface area contributed by atoms with Crippen molar-refractivity contribution in [1.82, 2.24) is 0 Å². The molecule has 0 radical (unpaired) electrons. The summed E-state index contributed by atoms with van der Waals surface area (Å²) in [5.74, 6) is -1.06. The number of aliphatic hydroxyl groups is 3. The van der Waals surface area contributed by atoms with Gasteiger partial charge in [0.15, 0.2) is 0 Å². The monoisotopic (exact) mass is 282 g/mol. The lowest BCUT2D eigenvalue weighted by Gasteiger charge is -2.49. The van der Waals surface area contributed by atoms with Crippen LogP contribution in [0.15, 0.2) is 11.6 Å². The Bertz CT molecular complexity index is 471. The van der Waals surface area contributed by atoms with Crippen molar-refractivity contribution in [2.45, 2.75) is 39.1 Å². The number of esters is 1. The van der Waals surface area contributed by atoms with Gasteiger partial charge in [-0.2, -0.15) is 0 Å². The van der Waals surface area contributed by atoms with Crippen LogP contribution < -0.4 is 0 Å². The Morgan fingerprint density at radius 3 is 2.60 bits per heavy atom. The molecule has 2 bridgehead atoms. The van der Waals surface area contributed by atoms with Crippen LogP contribution in [0, 0.1) is 29.1 Å². The summed E-state index contributed by atoms with van der Waals surface area (Å²) in [5.41, 5.74) is -0.181. The van der Waals surface area contributed by atoms with Crippen molar-refractivity contribution in [3.05, 3.63) is 11.6 Å². The summed E-state index contributed by atoms with van der Waals surface area (Å²) in [5, 5.41) is 30.6. The molecule has 0 amide bonds. The van der Waals surface area contributed by atoms with Gasteiger partial charge in [-0.05, 0) is 11.5 Å². The first kappa shape index (κ1) is 14.0. The third kappa shape index (κ3) is 1.46. The van der Waals surface area contributed by atoms with Gasteiger partial charge in [0.1, 0.15) is 12.2 Å². The first-order chi connectivity index (χ1) is 9.33. The molecule has 20 heavy (non-hydrogen) atoms. The average Bonchev–Trinajstić information content (AvgIpc) is 2.81. The summed E-state index contributed by atoms with van der Waals surface area (Å²) in [6.07, 6.45) is -0.666. The second-order valence-corrected chi connectivity index (χ2v) is 6.84. The van der Waals surface area contributed by atoms with Crippen LogP contribution in [-0.2, 0) is 9.53 Å². The number of carbonyl (C=O) groups is 1. The first-order valence-electron chi connectivity index (χ1n) is 7.22. The molecule has 2 aliphatic carbocycles. The van der Waals surface area contributed by atoms with Crippen molar-refractivity contribution in [2.24, 2.45) is 29.1 Å². The van der Waals surface area contributed by atoms with E-state index in [0.29, 0.717) is 5.57 Å². The van der Waals surface area contributed by atoms with Crippen LogP contribution in [0.2, 0.25) is 0 Å². The van der Waals surface area contributed by atoms with Crippen molar-refractivity contribution < 1.29 is 24.9 Å². The zero-order chi connectivity index (χ0) is 14.8. The molecule has 0 aromatic heterocycles. The number of ether oxygens (including phenoxy) is 1. The zero-order valence-electron chi connectivity index (χ0n) is 12.0. The molecule has 5 heteroatoms. The molecule has 3 N–H and O–H groups in total. The van der Waals surface area contributed by atoms with E-state index in [0.717, 1.165) is 0 Å². The van der Waals surface area contributed by atoms with Crippen LogP contribution in [0.25, 0.3) is 0 Å². The maximum Gasteiger partial charge on any atom is 0.310 e. The number of aliphatic hydroxyl groups excluding tert-OH is 3. The normalized spacial score (nSPS) is 50.1. The maximum atomic E-state index is 12.2. The lowest BCUT2D eigenvalue weighted by molar-refractivity contribution is -0.147. The van der Waals surface area contributed by atoms with Crippen LogP contribution in [0.4, 0.5) is 0 Å². The number of hydrogen-bond donors (Lipinski definition) is 3. The van der Waals surface area contributed by atoms with E-state index < -0.39 is 35.6 Å². The Morgan fingerprint density at radius 2 is 2.05 bits per heavy atom. The molecule has 0 spiro atoms. The van der Waals surface area contributed by atoms with E-state index in [-0.39, 0.29) is 24.4 Å². The van der Waals surface area contributed by atoms with E-state index in [1.165, 1.54) is 0 Å². The molecule has 3 aliphatic rings. The lowest BCUT2D eigenvalue weighted by atomic mass is 9.55. The predicted molar refractivity (Wildman–Crippen MR) is 70.5 cm³/mol. The topological polar surface area (TPSA) is 87.0 Å². The van der Waals surface area contributed by atoms with Crippen LogP contribution in [-0.4, -0.2) is 46.2 Å². The van der Waals surface area contributed by atoms with Gasteiger partial charge in [0.2, 0.25) is 0 Å². The van der Waals surface area contributed by atoms with E-state index in [4.69, 9.17) is 4.74 Å². The van der Waals surface area contributed by atoms with E-state index in [2.05, 4.69) is 0 Å². The highest BCUT2D eigenvalue weighted by Crippen LogP contribution is 2.60. The van der Waals surface area contributed by atoms with E-state index in [9.17, 15) is 20.1 Å². The van der Waals surface area contributed by atoms with E-state index in [1.807, 2.05) is 20.8 Å². The smallest absolute Gasteiger partial charge is 0.310 e. The quantitative estimate of drug-likeness (QED) is 0.493. The average molecular weight is 282 g/mol. The Hall–Kier alpha value is -0.910. The van der Waals surface area contributed by atoms with Crippen molar-refractivity contribution in [3.63, 3.8) is 0 Å². The minimum Gasteiger partial charge on any atom is -0.459 e. The Kier molecular flexibility index (Phi) is 3.01. The second-order valence-electron chi connectivity index (χ2n) is 6.84. The van der Waals surface area contributed by atoms with Crippen molar-refractivity contribution in [1.29, 1.82) is 0 Å². The third-order valence-electron chi connectivity index (χ3n) is 5.70. The fourth-order valence-corrected chi connectivity index (χ4v) is 4.70. The fourth-order valence-electron chi connectivity index (χ4n) is 4.70. The third-order valence-corrected chi connectivity index (χ3v) is 5.70. The lowest BCUT2D eigenvalue weighted by Crippen LogP contribution is -2.57. The molecule has 112 valence electrons. The molecule has 2 fully saturated rings. The van der Waals surface area contributed by atoms with Gasteiger partial charge in [-0.3, -0.25) is 4.79 Å². The van der Waals surface area contributed by atoms with E-state index in [1.54, 1.807) is 6.08 Å². The van der Waals surface area contributed by atoms with Gasteiger partial charge in [0, 0.05) is 17.3 Å². The summed E-state index contributed by atoms with van der Waals surface area (Å²) in [6, 6.07) is 0. The summed E-state index contributed by atoms with van der Waals surface area (Å²) >= 11 is 0. The highest BCUT2D eigenvalue weighted by molar-refractivity contribution is 5.77. The van der Waals surface area contributed by atoms with E-state index >= 15 is 0 Å². The summed E-state index contributed by atoms with van der Waals surface area (Å²) in [4.78, 5) is 12.2. The molecule has 7 atom stereocenters. The largest absolute Gasteiger partial charge is 0.459 e. The van der Waals surface area contributed by atoms with Crippen molar-refractivity contribution >= 4 is 5.97 Å². The van der Waals surface area contributed by atoms with Gasteiger partial charge in [-0.1, -0.05) is 26.8 Å². The van der Waals surface area contributed by atoms with Gasteiger partial charge in [-0.15, -0.1) is 0 Å². The predicted octanol–water partition coefficient (Wildman–Crippen LogP) is 0.0904. The number of fused-ring (bicyclic) bond motifs is 4. The number of hydrogen-bond acceptors (Lipinski definition) is 5. The Balaban J connectivity index is 2.11. The summed E-state index contributed by atoms with van der Waals surface area (Å²) in [7, 11) is 0. The SMILES string of the molecule is CC(C)[C@@H]1[C@H]2OC(=O)[C@@H]1[C@@H]1[C@@H](O)C=C(CO)[C@]1(C)[C@@H]2O. The zero-order valence-corrected chi connectivity index (χ0v) is 12.0. The molecular weight excluding hydrogens is 260 g/mol. The summed E-state index contributed by atoms with van der Waals surface area (Å²) < 4.78 is 5.41. The highest BCUT2D eigenvalue weighted by Gasteiger charge is 2.68.